The smallest absolute Gasteiger partial charge is 0.303 e. The van der Waals surface area contributed by atoms with E-state index in [-0.39, 0.29) is 65.1 Å². The molecule has 1 aromatic rings. The molecule has 0 radical (unpaired) electrons. The molecule has 2 aliphatic carbocycles. The van der Waals surface area contributed by atoms with Gasteiger partial charge in [0.25, 0.3) is 0 Å². The number of amides is 1. The predicted octanol–water partition coefficient (Wildman–Crippen LogP) is 3.25. The Kier molecular flexibility index (Phi) is 5.70. The van der Waals surface area contributed by atoms with Crippen molar-refractivity contribution in [1.29, 1.82) is 0 Å². The van der Waals surface area contributed by atoms with Crippen LogP contribution in [0.15, 0.2) is 42.5 Å². The van der Waals surface area contributed by atoms with Gasteiger partial charge in [-0.1, -0.05) is 63.3 Å². The zero-order valence-electron chi connectivity index (χ0n) is 22.2. The number of fused-ring (bicyclic) bond motifs is 3. The fourth-order valence-electron chi connectivity index (χ4n) is 8.01. The maximum atomic E-state index is 14.4. The second kappa shape index (κ2) is 8.50. The Morgan fingerprint density at radius 1 is 1.14 bits per heavy atom. The van der Waals surface area contributed by atoms with Gasteiger partial charge in [-0.3, -0.25) is 14.4 Å². The molecule has 7 heteroatoms. The predicted molar refractivity (Wildman–Crippen MR) is 135 cm³/mol. The van der Waals surface area contributed by atoms with Crippen LogP contribution < -0.4 is 5.32 Å². The molecule has 1 N–H and O–H groups in total. The summed E-state index contributed by atoms with van der Waals surface area (Å²) in [5.41, 5.74) is -0.288. The Hall–Kier alpha value is -2.51. The van der Waals surface area contributed by atoms with E-state index in [1.807, 2.05) is 38.1 Å². The van der Waals surface area contributed by atoms with Crippen LogP contribution in [0.2, 0.25) is 0 Å². The van der Waals surface area contributed by atoms with Gasteiger partial charge >= 0.3 is 5.97 Å². The maximum Gasteiger partial charge on any atom is 0.303 e. The van der Waals surface area contributed by atoms with Crippen molar-refractivity contribution in [1.82, 2.24) is 5.32 Å². The number of rotatable bonds is 3. The molecule has 37 heavy (non-hydrogen) atoms. The fraction of sp³-hybridized carbons (Fsp3) is 0.633. The van der Waals surface area contributed by atoms with E-state index >= 15 is 0 Å². The summed E-state index contributed by atoms with van der Waals surface area (Å²) < 4.78 is 18.7. The largest absolute Gasteiger partial charge is 0.458 e. The lowest BCUT2D eigenvalue weighted by Gasteiger charge is -2.49. The Morgan fingerprint density at radius 2 is 1.86 bits per heavy atom. The summed E-state index contributed by atoms with van der Waals surface area (Å²) >= 11 is 0. The summed E-state index contributed by atoms with van der Waals surface area (Å²) in [6, 6.07) is 10.0. The highest BCUT2D eigenvalue weighted by atomic mass is 16.6. The molecule has 0 aromatic heterocycles. The van der Waals surface area contributed by atoms with Crippen LogP contribution >= 0.6 is 0 Å². The number of nitrogens with one attached hydrogen (secondary N) is 1. The van der Waals surface area contributed by atoms with Crippen molar-refractivity contribution in [3.8, 4) is 0 Å². The highest BCUT2D eigenvalue weighted by Gasteiger charge is 2.80. The normalized spacial score (nSPS) is 48.8. The number of carbonyl (C=O) groups excluding carboxylic acids is 3. The number of epoxide rings is 2. The topological polar surface area (TPSA) is 97.5 Å². The first-order valence-electron chi connectivity index (χ1n) is 13.7. The number of allylic oxidation sites excluding steroid dienone is 1. The molecule has 0 unspecified atom stereocenters. The van der Waals surface area contributed by atoms with E-state index in [1.165, 1.54) is 6.92 Å². The second-order valence-corrected chi connectivity index (χ2v) is 12.1. The van der Waals surface area contributed by atoms with Gasteiger partial charge in [0.15, 0.2) is 0 Å². The van der Waals surface area contributed by atoms with Crippen molar-refractivity contribution < 1.29 is 28.6 Å². The van der Waals surface area contributed by atoms with Crippen molar-refractivity contribution in [3.05, 3.63) is 48.0 Å². The lowest BCUT2D eigenvalue weighted by Crippen LogP contribution is -2.62. The lowest BCUT2D eigenvalue weighted by atomic mass is 9.50. The Balaban J connectivity index is 1.51. The van der Waals surface area contributed by atoms with Gasteiger partial charge < -0.3 is 19.5 Å². The molecule has 1 amide bonds. The van der Waals surface area contributed by atoms with Gasteiger partial charge in [-0.25, -0.2) is 0 Å². The molecule has 5 aliphatic rings. The molecular weight excluding hydrogens is 470 g/mol. The van der Waals surface area contributed by atoms with Crippen molar-refractivity contribution in [2.45, 2.75) is 83.5 Å². The van der Waals surface area contributed by atoms with Crippen molar-refractivity contribution >= 4 is 17.7 Å². The third kappa shape index (κ3) is 3.57. The SMILES string of the molecule is CC(=O)O[C@@H]1[C@@H]2O[C@H]2[C@H](C)C(=O)[C@@H](C)C/C=C/[C@H]2[C@@H]3O[C@]3(C)[C@@H](C)[C@H]3[C@H](Cc4ccccc4)NC(=O)[C@@]312. The first-order valence-corrected chi connectivity index (χ1v) is 13.7. The van der Waals surface area contributed by atoms with Gasteiger partial charge in [-0.2, -0.15) is 0 Å². The number of hydrogen-bond acceptors (Lipinski definition) is 6. The first-order chi connectivity index (χ1) is 17.6. The minimum absolute atomic E-state index is 0.0353. The fourth-order valence-corrected chi connectivity index (χ4v) is 8.01. The summed E-state index contributed by atoms with van der Waals surface area (Å²) in [4.78, 5) is 40.1. The van der Waals surface area contributed by atoms with Gasteiger partial charge in [0.05, 0.1) is 17.8 Å². The van der Waals surface area contributed by atoms with Crippen LogP contribution in [0.25, 0.3) is 0 Å². The molecule has 3 aliphatic heterocycles. The van der Waals surface area contributed by atoms with Crippen molar-refractivity contribution in [3.63, 3.8) is 0 Å². The van der Waals surface area contributed by atoms with Crippen LogP contribution in [-0.4, -0.2) is 53.7 Å². The van der Waals surface area contributed by atoms with Crippen LogP contribution in [0.4, 0.5) is 0 Å². The van der Waals surface area contributed by atoms with Gasteiger partial charge in [0.1, 0.15) is 23.4 Å². The molecule has 0 bridgehead atoms. The molecular formula is C30H37NO6. The molecule has 6 rings (SSSR count). The average molecular weight is 508 g/mol. The molecule has 1 saturated carbocycles. The van der Waals surface area contributed by atoms with E-state index in [0.717, 1.165) is 5.56 Å². The zero-order valence-corrected chi connectivity index (χ0v) is 22.2. The van der Waals surface area contributed by atoms with Crippen LogP contribution in [0.3, 0.4) is 0 Å². The van der Waals surface area contributed by atoms with E-state index in [0.29, 0.717) is 12.8 Å². The number of Topliss-reactive ketones (excluding diaryl/α,β-unsaturated/α-hetero) is 1. The number of esters is 1. The summed E-state index contributed by atoms with van der Waals surface area (Å²) in [6.07, 6.45) is 3.51. The monoisotopic (exact) mass is 507 g/mol. The quantitative estimate of drug-likeness (QED) is 0.383. The third-order valence-electron chi connectivity index (χ3n) is 10.1. The summed E-state index contributed by atoms with van der Waals surface area (Å²) in [5.74, 6) is -1.35. The number of benzene rings is 1. The molecule has 7 nitrogen and oxygen atoms in total. The standard InChI is InChI=1S/C30H37NO6/c1-15-10-9-13-20-26-29(5,37-26)17(3)22-21(14-19-11-7-6-8-12-19)31-28(34)30(20,22)27(35-18(4)32)25-24(36-25)16(2)23(15)33/h6-9,11-13,15-17,20-22,24-27H,10,14H2,1-5H3,(H,31,34)/b13-9+/t15-,16+,17-,20-,21-,22-,24-,25+,26-,27+,29+,30-/m0/s1. The van der Waals surface area contributed by atoms with E-state index in [9.17, 15) is 14.4 Å². The minimum atomic E-state index is -1.06. The Morgan fingerprint density at radius 3 is 2.57 bits per heavy atom. The summed E-state index contributed by atoms with van der Waals surface area (Å²) in [7, 11) is 0. The van der Waals surface area contributed by atoms with Crippen molar-refractivity contribution in [2.24, 2.45) is 35.0 Å². The van der Waals surface area contributed by atoms with Crippen molar-refractivity contribution in [2.75, 3.05) is 0 Å². The second-order valence-electron chi connectivity index (χ2n) is 12.1. The van der Waals surface area contributed by atoms with Gasteiger partial charge in [-0.05, 0) is 31.2 Å². The molecule has 1 aromatic carbocycles. The molecule has 3 heterocycles. The molecule has 198 valence electrons. The summed E-state index contributed by atoms with van der Waals surface area (Å²) in [5, 5.41) is 3.35. The number of ketones is 1. The first kappa shape index (κ1) is 24.8. The zero-order chi connectivity index (χ0) is 26.3. The number of carbonyl (C=O) groups is 3. The molecule has 4 fully saturated rings. The molecule has 12 atom stereocenters. The van der Waals surface area contributed by atoms with Crippen LogP contribution in [-0.2, 0) is 35.0 Å². The van der Waals surface area contributed by atoms with E-state index < -0.39 is 23.6 Å². The molecule has 3 saturated heterocycles. The van der Waals surface area contributed by atoms with Crippen LogP contribution in [0.1, 0.15) is 46.6 Å². The van der Waals surface area contributed by atoms with Crippen LogP contribution in [0.5, 0.6) is 0 Å². The number of ether oxygens (including phenoxy) is 3. The highest BCUT2D eigenvalue weighted by molar-refractivity contribution is 5.89. The molecule has 1 spiro atoms. The van der Waals surface area contributed by atoms with Gasteiger partial charge in [0.2, 0.25) is 5.91 Å². The Labute approximate surface area is 218 Å². The van der Waals surface area contributed by atoms with Gasteiger partial charge in [0, 0.05) is 36.6 Å². The number of hydrogen-bond donors (Lipinski definition) is 1. The van der Waals surface area contributed by atoms with E-state index in [2.05, 4.69) is 37.4 Å². The lowest BCUT2D eigenvalue weighted by molar-refractivity contribution is -0.171. The van der Waals surface area contributed by atoms with Gasteiger partial charge in [-0.15, -0.1) is 0 Å². The minimum Gasteiger partial charge on any atom is -0.458 e. The highest BCUT2D eigenvalue weighted by Crippen LogP contribution is 2.68. The van der Waals surface area contributed by atoms with E-state index in [1.54, 1.807) is 0 Å². The van der Waals surface area contributed by atoms with E-state index in [4.69, 9.17) is 14.2 Å². The van der Waals surface area contributed by atoms with Crippen LogP contribution in [0, 0.1) is 35.0 Å². The third-order valence-corrected chi connectivity index (χ3v) is 10.1. The average Bonchev–Trinajstić information content (AvgIpc) is 3.76. The summed E-state index contributed by atoms with van der Waals surface area (Å²) in [6.45, 7) is 9.52. The maximum absolute atomic E-state index is 14.4. The Bertz CT molecular complexity index is 1150.